The van der Waals surface area contributed by atoms with Gasteiger partial charge in [0.1, 0.15) is 4.99 Å². The van der Waals surface area contributed by atoms with Gasteiger partial charge < -0.3 is 11.1 Å². The largest absolute Gasteiger partial charge is 0.389 e. The Hall–Kier alpha value is -1.11. The van der Waals surface area contributed by atoms with Crippen LogP contribution in [0, 0.1) is 0 Å². The van der Waals surface area contributed by atoms with E-state index < -0.39 is 0 Å². The second-order valence-corrected chi connectivity index (χ2v) is 6.98. The summed E-state index contributed by atoms with van der Waals surface area (Å²) in [6.45, 7) is 4.60. The fourth-order valence-corrected chi connectivity index (χ4v) is 3.70. The average Bonchev–Trinajstić information content (AvgIpc) is 2.47. The number of carbonyl (C=O) groups excluding carboxylic acids is 1. The minimum Gasteiger partial charge on any atom is -0.389 e. The van der Waals surface area contributed by atoms with E-state index in [0.29, 0.717) is 16.8 Å². The molecule has 1 aromatic carbocycles. The lowest BCUT2D eigenvalue weighted by Crippen LogP contribution is -2.42. The van der Waals surface area contributed by atoms with Crippen LogP contribution >= 0.6 is 24.0 Å². The molecule has 0 aromatic heterocycles. The van der Waals surface area contributed by atoms with Crippen molar-refractivity contribution >= 4 is 40.6 Å². The Morgan fingerprint density at radius 3 is 3.10 bits per heavy atom. The van der Waals surface area contributed by atoms with E-state index in [4.69, 9.17) is 18.0 Å². The summed E-state index contributed by atoms with van der Waals surface area (Å²) < 4.78 is 0. The third kappa shape index (κ3) is 4.98. The second-order valence-electron chi connectivity index (χ2n) is 5.13. The highest BCUT2D eigenvalue weighted by Crippen LogP contribution is 2.20. The van der Waals surface area contributed by atoms with Crippen molar-refractivity contribution in [2.24, 2.45) is 5.73 Å². The molecule has 2 rings (SSSR count). The van der Waals surface area contributed by atoms with Gasteiger partial charge in [-0.1, -0.05) is 31.3 Å². The smallest absolute Gasteiger partial charge is 0.238 e. The van der Waals surface area contributed by atoms with Gasteiger partial charge in [-0.2, -0.15) is 11.8 Å². The highest BCUT2D eigenvalue weighted by molar-refractivity contribution is 8.00. The normalized spacial score (nSPS) is 19.2. The molecule has 114 valence electrons. The molecule has 4 nitrogen and oxygen atoms in total. The fraction of sp³-hybridized carbons (Fsp3) is 0.467. The predicted octanol–water partition coefficient (Wildman–Crippen LogP) is 2.09. The van der Waals surface area contributed by atoms with E-state index in [1.54, 1.807) is 6.07 Å². The number of hydrogen-bond acceptors (Lipinski definition) is 4. The van der Waals surface area contributed by atoms with Crippen molar-refractivity contribution < 1.29 is 4.79 Å². The summed E-state index contributed by atoms with van der Waals surface area (Å²) >= 11 is 6.95. The van der Waals surface area contributed by atoms with Gasteiger partial charge in [0.15, 0.2) is 0 Å². The van der Waals surface area contributed by atoms with Crippen molar-refractivity contribution in [3.05, 3.63) is 29.8 Å². The molecule has 0 bridgehead atoms. The molecule has 1 saturated heterocycles. The van der Waals surface area contributed by atoms with Crippen molar-refractivity contribution in [3.63, 3.8) is 0 Å². The number of nitrogens with zero attached hydrogens (tertiary/aromatic N) is 1. The van der Waals surface area contributed by atoms with Crippen molar-refractivity contribution in [1.82, 2.24) is 4.90 Å². The molecule has 1 aromatic rings. The van der Waals surface area contributed by atoms with Gasteiger partial charge in [0.2, 0.25) is 5.91 Å². The monoisotopic (exact) mass is 323 g/mol. The van der Waals surface area contributed by atoms with Crippen molar-refractivity contribution in [2.45, 2.75) is 18.6 Å². The summed E-state index contributed by atoms with van der Waals surface area (Å²) in [6, 6.07) is 7.34. The molecule has 6 heteroatoms. The number of amides is 1. The first-order chi connectivity index (χ1) is 10.1. The summed E-state index contributed by atoms with van der Waals surface area (Å²) in [6.07, 6.45) is 1.15. The molecule has 1 heterocycles. The van der Waals surface area contributed by atoms with Gasteiger partial charge >= 0.3 is 0 Å². The Morgan fingerprint density at radius 2 is 2.38 bits per heavy atom. The van der Waals surface area contributed by atoms with Crippen LogP contribution in [0.3, 0.4) is 0 Å². The molecule has 3 N–H and O–H groups in total. The number of thioether (sulfide) groups is 1. The zero-order valence-corrected chi connectivity index (χ0v) is 13.8. The van der Waals surface area contributed by atoms with Crippen molar-refractivity contribution in [1.29, 1.82) is 0 Å². The third-order valence-corrected chi connectivity index (χ3v) is 5.08. The summed E-state index contributed by atoms with van der Waals surface area (Å²) in [7, 11) is 0. The first-order valence-electron chi connectivity index (χ1n) is 7.12. The predicted molar refractivity (Wildman–Crippen MR) is 93.9 cm³/mol. The molecule has 0 radical (unpaired) electrons. The van der Waals surface area contributed by atoms with Crippen molar-refractivity contribution in [2.75, 3.05) is 30.7 Å². The van der Waals surface area contributed by atoms with Crippen LogP contribution in [0.15, 0.2) is 24.3 Å². The van der Waals surface area contributed by atoms with Crippen LogP contribution in [0.4, 0.5) is 5.69 Å². The SMILES string of the molecule is CCC1CN(CC(=O)Nc2cccc(C(N)=S)c2)CCS1. The van der Waals surface area contributed by atoms with Crippen LogP contribution in [0.5, 0.6) is 0 Å². The first kappa shape index (κ1) is 16.3. The van der Waals surface area contributed by atoms with Gasteiger partial charge in [0.05, 0.1) is 6.54 Å². The molecule has 1 unspecified atom stereocenters. The minimum atomic E-state index is 0.0110. The van der Waals surface area contributed by atoms with Gasteiger partial charge in [-0.25, -0.2) is 0 Å². The van der Waals surface area contributed by atoms with Crippen LogP contribution in [0.25, 0.3) is 0 Å². The molecule has 0 saturated carbocycles. The quantitative estimate of drug-likeness (QED) is 0.813. The zero-order valence-electron chi connectivity index (χ0n) is 12.2. The zero-order chi connectivity index (χ0) is 15.2. The number of hydrogen-bond donors (Lipinski definition) is 2. The number of thiocarbonyl (C=S) groups is 1. The number of anilines is 1. The summed E-state index contributed by atoms with van der Waals surface area (Å²) in [4.78, 5) is 14.7. The molecule has 0 aliphatic carbocycles. The third-order valence-electron chi connectivity index (χ3n) is 3.48. The molecule has 21 heavy (non-hydrogen) atoms. The van der Waals surface area contributed by atoms with E-state index in [1.165, 1.54) is 0 Å². The van der Waals surface area contributed by atoms with Crippen LogP contribution in [-0.4, -0.2) is 46.4 Å². The maximum Gasteiger partial charge on any atom is 0.238 e. The van der Waals surface area contributed by atoms with E-state index in [9.17, 15) is 4.79 Å². The molecule has 1 aliphatic rings. The number of carbonyl (C=O) groups is 1. The molecule has 1 amide bonds. The van der Waals surface area contributed by atoms with Gasteiger partial charge in [0, 0.05) is 35.3 Å². The number of rotatable bonds is 5. The van der Waals surface area contributed by atoms with E-state index in [1.807, 2.05) is 30.0 Å². The Bertz CT molecular complexity index is 521. The Kier molecular flexibility index (Phi) is 6.02. The summed E-state index contributed by atoms with van der Waals surface area (Å²) in [5.74, 6) is 1.11. The average molecular weight is 323 g/mol. The van der Waals surface area contributed by atoms with E-state index in [-0.39, 0.29) is 5.91 Å². The maximum absolute atomic E-state index is 12.1. The molecular formula is C15H21N3OS2. The lowest BCUT2D eigenvalue weighted by atomic mass is 10.2. The molecule has 1 aliphatic heterocycles. The van der Waals surface area contributed by atoms with Gasteiger partial charge in [-0.3, -0.25) is 9.69 Å². The van der Waals surface area contributed by atoms with E-state index >= 15 is 0 Å². The Morgan fingerprint density at radius 1 is 1.57 bits per heavy atom. The Balaban J connectivity index is 1.89. The molecular weight excluding hydrogens is 302 g/mol. The first-order valence-corrected chi connectivity index (χ1v) is 8.58. The maximum atomic E-state index is 12.1. The summed E-state index contributed by atoms with van der Waals surface area (Å²) in [5.41, 5.74) is 7.11. The topological polar surface area (TPSA) is 58.4 Å². The summed E-state index contributed by atoms with van der Waals surface area (Å²) in [5, 5.41) is 3.56. The fourth-order valence-electron chi connectivity index (χ4n) is 2.32. The van der Waals surface area contributed by atoms with Crippen molar-refractivity contribution in [3.8, 4) is 0 Å². The highest BCUT2D eigenvalue weighted by atomic mass is 32.2. The lowest BCUT2D eigenvalue weighted by molar-refractivity contribution is -0.117. The highest BCUT2D eigenvalue weighted by Gasteiger charge is 2.20. The Labute approximate surface area is 135 Å². The minimum absolute atomic E-state index is 0.0110. The van der Waals surface area contributed by atoms with Crippen LogP contribution in [0.1, 0.15) is 18.9 Å². The number of benzene rings is 1. The van der Waals surface area contributed by atoms with Gasteiger partial charge in [-0.05, 0) is 18.6 Å². The molecule has 0 spiro atoms. The van der Waals surface area contributed by atoms with Gasteiger partial charge in [-0.15, -0.1) is 0 Å². The standard InChI is InChI=1S/C15H21N3OS2/c1-2-13-9-18(6-7-21-13)10-14(19)17-12-5-3-4-11(8-12)15(16)20/h3-5,8,13H,2,6-7,9-10H2,1H3,(H2,16,20)(H,17,19). The van der Waals surface area contributed by atoms with Gasteiger partial charge in [0.25, 0.3) is 0 Å². The molecule has 1 atom stereocenters. The second kappa shape index (κ2) is 7.77. The van der Waals surface area contributed by atoms with E-state index in [2.05, 4.69) is 17.1 Å². The van der Waals surface area contributed by atoms with Crippen LogP contribution < -0.4 is 11.1 Å². The molecule has 1 fully saturated rings. The van der Waals surface area contributed by atoms with Crippen LogP contribution in [0.2, 0.25) is 0 Å². The number of nitrogens with one attached hydrogen (secondary N) is 1. The number of nitrogens with two attached hydrogens (primary N) is 1. The van der Waals surface area contributed by atoms with E-state index in [0.717, 1.165) is 36.5 Å². The lowest BCUT2D eigenvalue weighted by Gasteiger charge is -2.31. The van der Waals surface area contributed by atoms with Crippen LogP contribution in [-0.2, 0) is 4.79 Å².